The summed E-state index contributed by atoms with van der Waals surface area (Å²) in [5, 5.41) is 6.63. The maximum atomic E-state index is 12.9. The molecule has 0 radical (unpaired) electrons. The quantitative estimate of drug-likeness (QED) is 0.749. The second-order valence-electron chi connectivity index (χ2n) is 8.41. The first-order valence-electron chi connectivity index (χ1n) is 10.3. The van der Waals surface area contributed by atoms with Gasteiger partial charge in [0.15, 0.2) is 0 Å². The fraction of sp³-hybridized carbons (Fsp3) is 0.737. The zero-order valence-corrected chi connectivity index (χ0v) is 17.4. The van der Waals surface area contributed by atoms with Crippen LogP contribution in [0.2, 0.25) is 0 Å². The minimum absolute atomic E-state index is 0.0312. The van der Waals surface area contributed by atoms with Gasteiger partial charge >= 0.3 is 0 Å². The summed E-state index contributed by atoms with van der Waals surface area (Å²) in [5.74, 6) is 0.104. The Morgan fingerprint density at radius 3 is 2.70 bits per heavy atom. The third-order valence-corrected chi connectivity index (χ3v) is 8.18. The summed E-state index contributed by atoms with van der Waals surface area (Å²) in [6, 6.07) is 1.08. The van der Waals surface area contributed by atoms with Crippen molar-refractivity contribution < 1.29 is 27.3 Å². The lowest BCUT2D eigenvalue weighted by Gasteiger charge is -2.44. The van der Waals surface area contributed by atoms with E-state index in [1.54, 1.807) is 0 Å². The van der Waals surface area contributed by atoms with Crippen molar-refractivity contribution in [2.24, 2.45) is 10.3 Å². The van der Waals surface area contributed by atoms with Gasteiger partial charge in [-0.25, -0.2) is 13.0 Å². The van der Waals surface area contributed by atoms with Crippen molar-refractivity contribution in [2.75, 3.05) is 18.1 Å². The van der Waals surface area contributed by atoms with E-state index >= 15 is 0 Å². The maximum absolute atomic E-state index is 12.9. The number of carbonyl (C=O) groups is 2. The monoisotopic (exact) mass is 444 g/mol. The highest BCUT2D eigenvalue weighted by molar-refractivity contribution is 7.93. The molecule has 1 saturated carbocycles. The van der Waals surface area contributed by atoms with E-state index in [-0.39, 0.29) is 36.0 Å². The standard InChI is InChI=1S/C19H26F2N4O4S/c20-17(21)15-3-7-25(23-15)12-16(26)22-14-4-8-29-19(11-14)5-9-30(28,10-6-19)24-18(27)13-1-2-13/h3,7,13-14,17H,1-2,4-6,8-12H2,(H,22,26). The number of rotatable bonds is 5. The molecule has 2 aliphatic heterocycles. The van der Waals surface area contributed by atoms with E-state index in [0.29, 0.717) is 43.8 Å². The number of hydrogen-bond donors (Lipinski definition) is 1. The van der Waals surface area contributed by atoms with Crippen molar-refractivity contribution in [3.8, 4) is 0 Å². The van der Waals surface area contributed by atoms with Crippen molar-refractivity contribution in [1.82, 2.24) is 15.1 Å². The van der Waals surface area contributed by atoms with Gasteiger partial charge < -0.3 is 10.1 Å². The summed E-state index contributed by atoms with van der Waals surface area (Å²) in [4.78, 5) is 24.3. The third kappa shape index (κ3) is 5.05. The van der Waals surface area contributed by atoms with Crippen LogP contribution in [0.1, 0.15) is 50.6 Å². The van der Waals surface area contributed by atoms with Crippen LogP contribution in [0.4, 0.5) is 8.78 Å². The Kier molecular flexibility index (Phi) is 5.93. The highest BCUT2D eigenvalue weighted by atomic mass is 32.2. The molecular weight excluding hydrogens is 418 g/mol. The molecular formula is C19H26F2N4O4S. The van der Waals surface area contributed by atoms with Gasteiger partial charge in [0.05, 0.1) is 15.3 Å². The molecule has 166 valence electrons. The Bertz CT molecular complexity index is 923. The average molecular weight is 445 g/mol. The largest absolute Gasteiger partial charge is 0.375 e. The molecule has 3 fully saturated rings. The summed E-state index contributed by atoms with van der Waals surface area (Å²) in [7, 11) is -2.52. The van der Waals surface area contributed by atoms with Gasteiger partial charge in [0.2, 0.25) is 5.91 Å². The average Bonchev–Trinajstić information content (AvgIpc) is 3.44. The first-order valence-corrected chi connectivity index (χ1v) is 12.1. The van der Waals surface area contributed by atoms with Crippen LogP contribution < -0.4 is 5.32 Å². The van der Waals surface area contributed by atoms with Crippen LogP contribution in [0.5, 0.6) is 0 Å². The van der Waals surface area contributed by atoms with Gasteiger partial charge in [0.1, 0.15) is 12.2 Å². The number of alkyl halides is 2. The van der Waals surface area contributed by atoms with Crippen molar-refractivity contribution in [2.45, 2.75) is 63.1 Å². The first kappa shape index (κ1) is 21.4. The zero-order valence-electron chi connectivity index (χ0n) is 16.6. The highest BCUT2D eigenvalue weighted by Crippen LogP contribution is 2.37. The molecule has 8 nitrogen and oxygen atoms in total. The minimum Gasteiger partial charge on any atom is -0.375 e. The lowest BCUT2D eigenvalue weighted by Crippen LogP contribution is -2.52. The van der Waals surface area contributed by atoms with E-state index in [4.69, 9.17) is 4.74 Å². The number of ether oxygens (including phenoxy) is 1. The Hall–Kier alpha value is -1.88. The van der Waals surface area contributed by atoms with Crippen LogP contribution in [0.3, 0.4) is 0 Å². The predicted octanol–water partition coefficient (Wildman–Crippen LogP) is 2.05. The van der Waals surface area contributed by atoms with E-state index < -0.39 is 21.8 Å². The lowest BCUT2D eigenvalue weighted by atomic mass is 9.85. The summed E-state index contributed by atoms with van der Waals surface area (Å²) in [5.41, 5.74) is -0.826. The molecule has 0 bridgehead atoms. The Morgan fingerprint density at radius 2 is 2.07 bits per heavy atom. The lowest BCUT2D eigenvalue weighted by molar-refractivity contribution is -0.127. The molecule has 1 aromatic rings. The zero-order chi connectivity index (χ0) is 21.4. The van der Waals surface area contributed by atoms with Crippen molar-refractivity contribution in [3.63, 3.8) is 0 Å². The van der Waals surface area contributed by atoms with Gasteiger partial charge in [-0.05, 0) is 44.6 Å². The van der Waals surface area contributed by atoms with Gasteiger partial charge in [-0.2, -0.15) is 9.46 Å². The molecule has 11 heteroatoms. The van der Waals surface area contributed by atoms with E-state index in [1.165, 1.54) is 16.9 Å². The molecule has 1 unspecified atom stereocenters. The van der Waals surface area contributed by atoms with Gasteiger partial charge in [-0.1, -0.05) is 0 Å². The van der Waals surface area contributed by atoms with Crippen molar-refractivity contribution >= 4 is 21.5 Å². The van der Waals surface area contributed by atoms with Crippen LogP contribution >= 0.6 is 0 Å². The molecule has 3 aliphatic rings. The van der Waals surface area contributed by atoms with Crippen LogP contribution in [0.15, 0.2) is 16.6 Å². The summed E-state index contributed by atoms with van der Waals surface area (Å²) in [6.45, 7) is 0.342. The first-order chi connectivity index (χ1) is 14.3. The molecule has 3 heterocycles. The Morgan fingerprint density at radius 1 is 1.33 bits per heavy atom. The van der Waals surface area contributed by atoms with Gasteiger partial charge in [-0.15, -0.1) is 0 Å². The molecule has 4 rings (SSSR count). The number of halogens is 2. The molecule has 1 N–H and O–H groups in total. The normalized spacial score (nSPS) is 31.6. The molecule has 30 heavy (non-hydrogen) atoms. The highest BCUT2D eigenvalue weighted by Gasteiger charge is 2.42. The number of nitrogens with zero attached hydrogens (tertiary/aromatic N) is 3. The van der Waals surface area contributed by atoms with Crippen LogP contribution in [0.25, 0.3) is 0 Å². The van der Waals surface area contributed by atoms with Crippen molar-refractivity contribution in [1.29, 1.82) is 0 Å². The van der Waals surface area contributed by atoms with Crippen LogP contribution in [-0.2, 0) is 30.6 Å². The number of carbonyl (C=O) groups excluding carboxylic acids is 2. The van der Waals surface area contributed by atoms with E-state index in [9.17, 15) is 22.6 Å². The molecule has 2 saturated heterocycles. The number of hydrogen-bond acceptors (Lipinski definition) is 5. The predicted molar refractivity (Wildman–Crippen MR) is 104 cm³/mol. The van der Waals surface area contributed by atoms with E-state index in [2.05, 4.69) is 14.8 Å². The van der Waals surface area contributed by atoms with Crippen molar-refractivity contribution in [3.05, 3.63) is 18.0 Å². The fourth-order valence-electron chi connectivity index (χ4n) is 4.08. The summed E-state index contributed by atoms with van der Waals surface area (Å²) < 4.78 is 49.4. The topological polar surface area (TPSA) is 103 Å². The van der Waals surface area contributed by atoms with Gasteiger partial charge in [0.25, 0.3) is 12.3 Å². The summed E-state index contributed by atoms with van der Waals surface area (Å²) in [6.07, 6.45) is 2.69. The smallest absolute Gasteiger partial charge is 0.282 e. The van der Waals surface area contributed by atoms with Crippen LogP contribution in [-0.4, -0.2) is 55.6 Å². The molecule has 0 aromatic carbocycles. The maximum Gasteiger partial charge on any atom is 0.282 e. The second kappa shape index (κ2) is 8.33. The summed E-state index contributed by atoms with van der Waals surface area (Å²) >= 11 is 0. The van der Waals surface area contributed by atoms with Gasteiger partial charge in [-0.3, -0.25) is 14.3 Å². The fourth-order valence-corrected chi connectivity index (χ4v) is 6.33. The number of nitrogens with one attached hydrogen (secondary N) is 1. The Balaban J connectivity index is 1.31. The minimum atomic E-state index is -2.67. The molecule has 2 amide bonds. The van der Waals surface area contributed by atoms with E-state index in [0.717, 1.165) is 12.8 Å². The van der Waals surface area contributed by atoms with E-state index in [1.807, 2.05) is 0 Å². The molecule has 1 aromatic heterocycles. The van der Waals surface area contributed by atoms with Crippen LogP contribution in [0, 0.1) is 5.92 Å². The molecule has 1 spiro atoms. The Labute approximate surface area is 173 Å². The number of amides is 2. The third-order valence-electron chi connectivity index (χ3n) is 5.98. The molecule has 1 aliphatic carbocycles. The molecule has 1 atom stereocenters. The van der Waals surface area contributed by atoms with Gasteiger partial charge in [0, 0.05) is 36.3 Å². The number of aromatic nitrogens is 2. The SMILES string of the molecule is O=C(Cn1ccc(C(F)F)n1)NC1CCOC2(CCS(=O)(=NC(=O)C3CC3)CC2)C1. The second-order valence-corrected chi connectivity index (χ2v) is 11.0.